The summed E-state index contributed by atoms with van der Waals surface area (Å²) in [4.78, 5) is 2.35. The summed E-state index contributed by atoms with van der Waals surface area (Å²) in [6.07, 6.45) is 4.11. The van der Waals surface area contributed by atoms with Crippen LogP contribution in [0.15, 0.2) is 18.2 Å². The van der Waals surface area contributed by atoms with Gasteiger partial charge in [0.1, 0.15) is 17.7 Å². The van der Waals surface area contributed by atoms with Gasteiger partial charge in [0.25, 0.3) is 0 Å². The van der Waals surface area contributed by atoms with Crippen molar-refractivity contribution in [1.82, 2.24) is 9.21 Å². The van der Waals surface area contributed by atoms with E-state index in [9.17, 15) is 17.2 Å². The van der Waals surface area contributed by atoms with Gasteiger partial charge >= 0.3 is 0 Å². The molecule has 3 aliphatic rings. The van der Waals surface area contributed by atoms with E-state index in [0.29, 0.717) is 26.1 Å². The van der Waals surface area contributed by atoms with Crippen molar-refractivity contribution in [2.45, 2.75) is 43.9 Å². The van der Waals surface area contributed by atoms with Gasteiger partial charge in [0.05, 0.1) is 12.9 Å². The minimum absolute atomic E-state index is 0.0739. The van der Waals surface area contributed by atoms with Gasteiger partial charge in [0.2, 0.25) is 10.0 Å². The van der Waals surface area contributed by atoms with E-state index in [-0.39, 0.29) is 17.0 Å². The van der Waals surface area contributed by atoms with E-state index < -0.39 is 33.8 Å². The molecule has 3 fully saturated rings. The molecule has 3 unspecified atom stereocenters. The molecule has 0 aromatic heterocycles. The van der Waals surface area contributed by atoms with Crippen molar-refractivity contribution in [2.75, 3.05) is 39.0 Å². The minimum Gasteiger partial charge on any atom is -0.370 e. The van der Waals surface area contributed by atoms with Gasteiger partial charge in [0.15, 0.2) is 0 Å². The molecule has 9 heteroatoms. The molecule has 6 nitrogen and oxygen atoms in total. The number of hydrogen-bond acceptors (Lipinski definition) is 5. The second-order valence-corrected chi connectivity index (χ2v) is 10.8. The average Bonchev–Trinajstić information content (AvgIpc) is 3.09. The first-order valence-corrected chi connectivity index (χ1v) is 12.0. The number of likely N-dealkylation sites (tertiary alicyclic amines) is 1. The lowest BCUT2D eigenvalue weighted by molar-refractivity contribution is -0.0626. The van der Waals surface area contributed by atoms with Crippen LogP contribution in [0.2, 0.25) is 0 Å². The summed E-state index contributed by atoms with van der Waals surface area (Å²) < 4.78 is 58.8. The first-order chi connectivity index (χ1) is 13.7. The highest BCUT2D eigenvalue weighted by Crippen LogP contribution is 2.42. The molecule has 0 radical (unpaired) electrons. The van der Waals surface area contributed by atoms with Crippen molar-refractivity contribution in [3.05, 3.63) is 35.4 Å². The highest BCUT2D eigenvalue weighted by molar-refractivity contribution is 7.88. The Morgan fingerprint density at radius 2 is 1.86 bits per heavy atom. The highest BCUT2D eigenvalue weighted by Gasteiger charge is 2.45. The predicted molar refractivity (Wildman–Crippen MR) is 106 cm³/mol. The molecule has 162 valence electrons. The van der Waals surface area contributed by atoms with Crippen LogP contribution in [0.25, 0.3) is 0 Å². The summed E-state index contributed by atoms with van der Waals surface area (Å²) in [7, 11) is -3.13. The van der Waals surface area contributed by atoms with Crippen LogP contribution in [-0.4, -0.2) is 68.7 Å². The second-order valence-electron chi connectivity index (χ2n) is 8.86. The number of benzene rings is 1. The predicted octanol–water partition coefficient (Wildman–Crippen LogP) is 1.87. The third-order valence-corrected chi connectivity index (χ3v) is 8.16. The number of nitrogens with two attached hydrogens (primary N) is 1. The van der Waals surface area contributed by atoms with Crippen molar-refractivity contribution in [2.24, 2.45) is 11.1 Å². The van der Waals surface area contributed by atoms with Crippen molar-refractivity contribution >= 4 is 10.0 Å². The Hall–Kier alpha value is -1.13. The van der Waals surface area contributed by atoms with Crippen molar-refractivity contribution in [3.63, 3.8) is 0 Å². The Balaban J connectivity index is 1.35. The fourth-order valence-corrected chi connectivity index (χ4v) is 6.03. The molecular formula is C20H29F2N3O3S. The lowest BCUT2D eigenvalue weighted by Gasteiger charge is -2.45. The van der Waals surface area contributed by atoms with Crippen molar-refractivity contribution in [3.8, 4) is 0 Å². The zero-order valence-electron chi connectivity index (χ0n) is 16.7. The van der Waals surface area contributed by atoms with Crippen LogP contribution in [-0.2, 0) is 14.8 Å². The smallest absolute Gasteiger partial charge is 0.211 e. The third-order valence-electron chi connectivity index (χ3n) is 6.91. The topological polar surface area (TPSA) is 75.9 Å². The maximum absolute atomic E-state index is 14.1. The number of ether oxygens (including phenoxy) is 1. The summed E-state index contributed by atoms with van der Waals surface area (Å²) in [5, 5.41) is 0. The van der Waals surface area contributed by atoms with Gasteiger partial charge < -0.3 is 10.5 Å². The molecule has 29 heavy (non-hydrogen) atoms. The van der Waals surface area contributed by atoms with Gasteiger partial charge in [-0.1, -0.05) is 0 Å². The first kappa shape index (κ1) is 21.1. The van der Waals surface area contributed by atoms with Crippen molar-refractivity contribution in [1.29, 1.82) is 0 Å². The molecule has 0 aliphatic carbocycles. The lowest BCUT2D eigenvalue weighted by Crippen LogP contribution is -2.53. The standard InChI is InChI=1S/C20H29F2N3O3S/c1-29(26,27)25-9-6-20(13-25)4-7-24(8-5-20)15-11-18(23)19(28-12-15)16-10-14(21)2-3-17(16)22/h2-3,10,15,18-19H,4-9,11-13,23H2,1H3. The SMILES string of the molecule is CS(=O)(=O)N1CCC2(CCN(C3COC(c4cc(F)ccc4F)C(N)C3)CC2)C1. The van der Waals surface area contributed by atoms with Gasteiger partial charge in [-0.3, -0.25) is 4.90 Å². The summed E-state index contributed by atoms with van der Waals surface area (Å²) in [5.74, 6) is -0.998. The number of nitrogens with zero attached hydrogens (tertiary/aromatic N) is 2. The van der Waals surface area contributed by atoms with E-state index >= 15 is 0 Å². The van der Waals surface area contributed by atoms with Crippen molar-refractivity contribution < 1.29 is 21.9 Å². The number of sulfonamides is 1. The molecule has 3 aliphatic heterocycles. The van der Waals surface area contributed by atoms with Gasteiger partial charge in [-0.2, -0.15) is 0 Å². The summed E-state index contributed by atoms with van der Waals surface area (Å²) in [5.41, 5.74) is 6.55. The van der Waals surface area contributed by atoms with Crippen LogP contribution in [0.5, 0.6) is 0 Å². The largest absolute Gasteiger partial charge is 0.370 e. The fraction of sp³-hybridized carbons (Fsp3) is 0.700. The Morgan fingerprint density at radius 3 is 2.48 bits per heavy atom. The fourth-order valence-electron chi connectivity index (χ4n) is 5.10. The van der Waals surface area contributed by atoms with Gasteiger partial charge in [-0.25, -0.2) is 21.5 Å². The van der Waals surface area contributed by atoms with Crippen LogP contribution in [0.4, 0.5) is 8.78 Å². The van der Waals surface area contributed by atoms with Crippen LogP contribution in [0, 0.1) is 17.0 Å². The van der Waals surface area contributed by atoms with Crippen LogP contribution in [0.1, 0.15) is 37.4 Å². The number of rotatable bonds is 3. The van der Waals surface area contributed by atoms with Crippen LogP contribution in [0.3, 0.4) is 0 Å². The summed E-state index contributed by atoms with van der Waals surface area (Å²) in [6.45, 7) is 3.39. The molecule has 0 bridgehead atoms. The molecule has 3 heterocycles. The van der Waals surface area contributed by atoms with Gasteiger partial charge in [0, 0.05) is 30.7 Å². The zero-order chi connectivity index (χ0) is 20.8. The maximum atomic E-state index is 14.1. The molecule has 1 spiro atoms. The minimum atomic E-state index is -3.13. The first-order valence-electron chi connectivity index (χ1n) is 10.2. The normalized spacial score (nSPS) is 31.4. The number of piperidine rings is 1. The maximum Gasteiger partial charge on any atom is 0.211 e. The molecular weight excluding hydrogens is 400 g/mol. The second kappa shape index (κ2) is 7.85. The molecule has 0 saturated carbocycles. The quantitative estimate of drug-likeness (QED) is 0.794. The van der Waals surface area contributed by atoms with Gasteiger partial charge in [-0.15, -0.1) is 0 Å². The molecule has 1 aromatic rings. The molecule has 4 rings (SSSR count). The van der Waals surface area contributed by atoms with Gasteiger partial charge in [-0.05, 0) is 62.4 Å². The van der Waals surface area contributed by atoms with E-state index in [4.69, 9.17) is 10.5 Å². The zero-order valence-corrected chi connectivity index (χ0v) is 17.5. The highest BCUT2D eigenvalue weighted by atomic mass is 32.2. The monoisotopic (exact) mass is 429 g/mol. The average molecular weight is 430 g/mol. The Labute approximate surface area is 171 Å². The Bertz CT molecular complexity index is 859. The molecule has 3 atom stereocenters. The number of hydrogen-bond donors (Lipinski definition) is 1. The number of halogens is 2. The van der Waals surface area contributed by atoms with E-state index in [1.54, 1.807) is 4.31 Å². The molecule has 3 saturated heterocycles. The van der Waals surface area contributed by atoms with E-state index in [0.717, 1.165) is 44.5 Å². The van der Waals surface area contributed by atoms with Crippen LogP contribution >= 0.6 is 0 Å². The summed E-state index contributed by atoms with van der Waals surface area (Å²) >= 11 is 0. The van der Waals surface area contributed by atoms with Crippen LogP contribution < -0.4 is 5.73 Å². The molecule has 1 aromatic carbocycles. The van der Waals surface area contributed by atoms with E-state index in [1.807, 2.05) is 0 Å². The Morgan fingerprint density at radius 1 is 1.17 bits per heavy atom. The van der Waals surface area contributed by atoms with E-state index in [1.165, 1.54) is 12.3 Å². The lowest BCUT2D eigenvalue weighted by atomic mass is 9.77. The third kappa shape index (κ3) is 4.34. The summed E-state index contributed by atoms with van der Waals surface area (Å²) in [6, 6.07) is 3.10. The van der Waals surface area contributed by atoms with E-state index in [2.05, 4.69) is 4.90 Å². The molecule has 2 N–H and O–H groups in total. The Kier molecular flexibility index (Phi) is 5.71. The molecule has 0 amide bonds.